The zero-order valence-corrected chi connectivity index (χ0v) is 13.1. The van der Waals surface area contributed by atoms with Gasteiger partial charge in [0, 0.05) is 12.1 Å². The topological polar surface area (TPSA) is 30.5 Å². The predicted molar refractivity (Wildman–Crippen MR) is 83.8 cm³/mol. The second-order valence-corrected chi connectivity index (χ2v) is 6.08. The highest BCUT2D eigenvalue weighted by atomic mass is 16.5. The summed E-state index contributed by atoms with van der Waals surface area (Å²) in [4.78, 5) is 0. The quantitative estimate of drug-likeness (QED) is 0.869. The van der Waals surface area contributed by atoms with Crippen LogP contribution in [0, 0.1) is 11.8 Å². The van der Waals surface area contributed by atoms with Crippen molar-refractivity contribution in [3.63, 3.8) is 0 Å². The van der Waals surface area contributed by atoms with E-state index in [0.29, 0.717) is 6.04 Å². The maximum Gasteiger partial charge on any atom is 0.142 e. The van der Waals surface area contributed by atoms with Crippen molar-refractivity contribution in [3.8, 4) is 11.5 Å². The Kier molecular flexibility index (Phi) is 5.16. The molecule has 0 aliphatic heterocycles. The van der Waals surface area contributed by atoms with Crippen LogP contribution in [0.5, 0.6) is 11.5 Å². The highest BCUT2D eigenvalue weighted by molar-refractivity contribution is 5.60. The van der Waals surface area contributed by atoms with Gasteiger partial charge < -0.3 is 14.8 Å². The number of rotatable bonds is 5. The van der Waals surface area contributed by atoms with E-state index < -0.39 is 0 Å². The van der Waals surface area contributed by atoms with E-state index in [1.165, 1.54) is 25.7 Å². The average Bonchev–Trinajstić information content (AvgIpc) is 2.47. The molecule has 1 aromatic rings. The lowest BCUT2D eigenvalue weighted by Crippen LogP contribution is -2.29. The van der Waals surface area contributed by atoms with Gasteiger partial charge in [-0.15, -0.1) is 0 Å². The molecule has 3 nitrogen and oxygen atoms in total. The molecule has 1 aliphatic carbocycles. The average molecular weight is 277 g/mol. The molecule has 1 aromatic carbocycles. The van der Waals surface area contributed by atoms with Crippen LogP contribution in [-0.2, 0) is 0 Å². The fourth-order valence-corrected chi connectivity index (χ4v) is 3.11. The maximum absolute atomic E-state index is 5.44. The molecule has 1 N–H and O–H groups in total. The Hall–Kier alpha value is -1.38. The van der Waals surface area contributed by atoms with Crippen LogP contribution in [0.1, 0.15) is 39.5 Å². The molecule has 2 unspecified atom stereocenters. The van der Waals surface area contributed by atoms with Gasteiger partial charge in [-0.2, -0.15) is 0 Å². The second kappa shape index (κ2) is 6.87. The van der Waals surface area contributed by atoms with Crippen molar-refractivity contribution < 1.29 is 9.47 Å². The fourth-order valence-electron chi connectivity index (χ4n) is 3.11. The number of hydrogen-bond acceptors (Lipinski definition) is 3. The van der Waals surface area contributed by atoms with Crippen LogP contribution in [0.15, 0.2) is 18.2 Å². The molecule has 0 aromatic heterocycles. The Morgan fingerprint density at radius 2 is 1.95 bits per heavy atom. The number of hydrogen-bond donors (Lipinski definition) is 1. The molecule has 0 amide bonds. The van der Waals surface area contributed by atoms with Gasteiger partial charge in [0.2, 0.25) is 0 Å². The molecule has 112 valence electrons. The third-order valence-corrected chi connectivity index (χ3v) is 4.42. The van der Waals surface area contributed by atoms with Gasteiger partial charge in [-0.05, 0) is 36.8 Å². The van der Waals surface area contributed by atoms with Crippen LogP contribution in [0.25, 0.3) is 0 Å². The number of benzene rings is 1. The normalized spacial score (nSPS) is 22.6. The van der Waals surface area contributed by atoms with Gasteiger partial charge in [0.05, 0.1) is 19.9 Å². The van der Waals surface area contributed by atoms with Gasteiger partial charge in [0.25, 0.3) is 0 Å². The molecule has 2 rings (SSSR count). The molecule has 1 fully saturated rings. The van der Waals surface area contributed by atoms with Crippen molar-refractivity contribution in [2.45, 2.75) is 45.6 Å². The first kappa shape index (κ1) is 15.0. The lowest BCUT2D eigenvalue weighted by atomic mass is 9.79. The molecule has 0 spiro atoms. The summed E-state index contributed by atoms with van der Waals surface area (Å²) in [6, 6.07) is 6.46. The lowest BCUT2D eigenvalue weighted by molar-refractivity contribution is 0.264. The third-order valence-electron chi connectivity index (χ3n) is 4.42. The maximum atomic E-state index is 5.44. The van der Waals surface area contributed by atoms with Gasteiger partial charge in [0.15, 0.2) is 0 Å². The van der Waals surface area contributed by atoms with Crippen LogP contribution in [0.2, 0.25) is 0 Å². The molecule has 1 saturated carbocycles. The minimum absolute atomic E-state index is 0.539. The van der Waals surface area contributed by atoms with E-state index in [-0.39, 0.29) is 0 Å². The Morgan fingerprint density at radius 3 is 2.60 bits per heavy atom. The molecule has 2 atom stereocenters. The van der Waals surface area contributed by atoms with Crippen molar-refractivity contribution in [1.82, 2.24) is 0 Å². The van der Waals surface area contributed by atoms with E-state index in [9.17, 15) is 0 Å². The van der Waals surface area contributed by atoms with Gasteiger partial charge in [0.1, 0.15) is 11.5 Å². The zero-order chi connectivity index (χ0) is 14.5. The fraction of sp³-hybridized carbons (Fsp3) is 0.647. The molecule has 3 heteroatoms. The highest BCUT2D eigenvalue weighted by Crippen LogP contribution is 2.35. The summed E-state index contributed by atoms with van der Waals surface area (Å²) >= 11 is 0. The Bertz CT molecular complexity index is 431. The van der Waals surface area contributed by atoms with E-state index in [0.717, 1.165) is 29.0 Å². The van der Waals surface area contributed by atoms with Crippen molar-refractivity contribution in [2.24, 2.45) is 11.8 Å². The minimum Gasteiger partial charge on any atom is -0.497 e. The molecule has 0 radical (unpaired) electrons. The van der Waals surface area contributed by atoms with E-state index in [4.69, 9.17) is 9.47 Å². The number of nitrogens with one attached hydrogen (secondary N) is 1. The van der Waals surface area contributed by atoms with Crippen LogP contribution in [0.4, 0.5) is 5.69 Å². The summed E-state index contributed by atoms with van der Waals surface area (Å²) in [6.45, 7) is 4.67. The van der Waals surface area contributed by atoms with Crippen molar-refractivity contribution in [2.75, 3.05) is 19.5 Å². The Balaban J connectivity index is 2.08. The van der Waals surface area contributed by atoms with Gasteiger partial charge >= 0.3 is 0 Å². The van der Waals surface area contributed by atoms with E-state index in [1.807, 2.05) is 18.2 Å². The summed E-state index contributed by atoms with van der Waals surface area (Å²) in [5.41, 5.74) is 1.04. The number of ether oxygens (including phenoxy) is 2. The summed E-state index contributed by atoms with van der Waals surface area (Å²) < 4.78 is 10.7. The smallest absolute Gasteiger partial charge is 0.142 e. The third kappa shape index (κ3) is 3.59. The second-order valence-electron chi connectivity index (χ2n) is 6.08. The van der Waals surface area contributed by atoms with Gasteiger partial charge in [-0.25, -0.2) is 0 Å². The number of anilines is 1. The summed E-state index contributed by atoms with van der Waals surface area (Å²) in [7, 11) is 3.41. The molecule has 0 heterocycles. The monoisotopic (exact) mass is 277 g/mol. The highest BCUT2D eigenvalue weighted by Gasteiger charge is 2.24. The van der Waals surface area contributed by atoms with Crippen molar-refractivity contribution >= 4 is 5.69 Å². The molecular weight excluding hydrogens is 250 g/mol. The predicted octanol–water partition coefficient (Wildman–Crippen LogP) is 4.33. The molecular formula is C17H27NO2. The SMILES string of the molecule is COc1ccc(OC)c(NC2CCCC(C(C)C)C2)c1. The van der Waals surface area contributed by atoms with E-state index in [2.05, 4.69) is 19.2 Å². The first-order valence-electron chi connectivity index (χ1n) is 7.62. The molecule has 0 bridgehead atoms. The zero-order valence-electron chi connectivity index (χ0n) is 13.1. The largest absolute Gasteiger partial charge is 0.497 e. The summed E-state index contributed by atoms with van der Waals surface area (Å²) in [5.74, 6) is 3.35. The van der Waals surface area contributed by atoms with Crippen molar-refractivity contribution in [1.29, 1.82) is 0 Å². The molecule has 0 saturated heterocycles. The first-order valence-corrected chi connectivity index (χ1v) is 7.62. The van der Waals surface area contributed by atoms with E-state index in [1.54, 1.807) is 14.2 Å². The number of methoxy groups -OCH3 is 2. The van der Waals surface area contributed by atoms with Crippen molar-refractivity contribution in [3.05, 3.63) is 18.2 Å². The van der Waals surface area contributed by atoms with Crippen LogP contribution < -0.4 is 14.8 Å². The minimum atomic E-state index is 0.539. The molecule has 1 aliphatic rings. The summed E-state index contributed by atoms with van der Waals surface area (Å²) in [5, 5.41) is 3.65. The summed E-state index contributed by atoms with van der Waals surface area (Å²) in [6.07, 6.45) is 5.17. The van der Waals surface area contributed by atoms with Gasteiger partial charge in [-0.1, -0.05) is 26.7 Å². The lowest BCUT2D eigenvalue weighted by Gasteiger charge is -2.33. The van der Waals surface area contributed by atoms with Crippen LogP contribution in [0.3, 0.4) is 0 Å². The molecule has 20 heavy (non-hydrogen) atoms. The van der Waals surface area contributed by atoms with Gasteiger partial charge in [-0.3, -0.25) is 0 Å². The van der Waals surface area contributed by atoms with E-state index >= 15 is 0 Å². The standard InChI is InChI=1S/C17H27NO2/c1-12(2)13-6-5-7-14(10-13)18-16-11-15(19-3)8-9-17(16)20-4/h8-9,11-14,18H,5-7,10H2,1-4H3. The first-order chi connectivity index (χ1) is 9.63. The van der Waals surface area contributed by atoms with Crippen LogP contribution in [-0.4, -0.2) is 20.3 Å². The van der Waals surface area contributed by atoms with Crippen LogP contribution >= 0.6 is 0 Å². The Morgan fingerprint density at radius 1 is 1.15 bits per heavy atom. The Labute approximate surface area is 122 Å².